The van der Waals surface area contributed by atoms with Crippen LogP contribution in [0.5, 0.6) is 0 Å². The number of aliphatic hydroxyl groups excluding tert-OH is 1. The van der Waals surface area contributed by atoms with Crippen molar-refractivity contribution in [3.8, 4) is 0 Å². The summed E-state index contributed by atoms with van der Waals surface area (Å²) in [5.41, 5.74) is 5.26. The molecule has 3 fully saturated rings. The molecule has 2 N–H and O–H groups in total. The van der Waals surface area contributed by atoms with Crippen LogP contribution in [0.4, 0.5) is 5.69 Å². The highest BCUT2D eigenvalue weighted by Gasteiger charge is 2.54. The van der Waals surface area contributed by atoms with E-state index in [0.717, 1.165) is 63.8 Å². The molecule has 0 aromatic heterocycles. The van der Waals surface area contributed by atoms with Crippen LogP contribution >= 0.6 is 0 Å². The quantitative estimate of drug-likeness (QED) is 0.843. The molecule has 0 amide bonds. The van der Waals surface area contributed by atoms with E-state index in [4.69, 9.17) is 0 Å². The van der Waals surface area contributed by atoms with Crippen LogP contribution in [-0.4, -0.2) is 37.1 Å². The Morgan fingerprint density at radius 3 is 2.78 bits per heavy atom. The number of nitrogens with one attached hydrogen (secondary N) is 1. The number of benzene rings is 1. The summed E-state index contributed by atoms with van der Waals surface area (Å²) in [6.07, 6.45) is 6.42. The lowest BCUT2D eigenvalue weighted by molar-refractivity contribution is -0.129. The molecule has 1 aromatic rings. The fraction of sp³-hybridized carbons (Fsp3) is 0.696. The molecular weight excluding hydrogens is 336 g/mol. The average Bonchev–Trinajstić information content (AvgIpc) is 3.02. The zero-order valence-electron chi connectivity index (χ0n) is 16.5. The molecule has 27 heavy (non-hydrogen) atoms. The fourth-order valence-corrected chi connectivity index (χ4v) is 6.76. The van der Waals surface area contributed by atoms with E-state index in [1.54, 1.807) is 0 Å². The van der Waals surface area contributed by atoms with E-state index >= 15 is 0 Å². The van der Waals surface area contributed by atoms with Crippen molar-refractivity contribution in [2.24, 2.45) is 17.3 Å². The Balaban J connectivity index is 1.52. The van der Waals surface area contributed by atoms with Crippen LogP contribution in [0.25, 0.3) is 0 Å². The number of hydrogen-bond acceptors (Lipinski definition) is 4. The SMILES string of the molecule is C[C@]12CCC3c4cc(N5CCNCC5)c(CO)cc4CCC3C1CCC2=O. The molecule has 1 heterocycles. The van der Waals surface area contributed by atoms with Gasteiger partial charge in [-0.25, -0.2) is 0 Å². The second-order valence-corrected chi connectivity index (χ2v) is 9.41. The summed E-state index contributed by atoms with van der Waals surface area (Å²) in [6.45, 7) is 6.41. The Hall–Kier alpha value is -1.39. The van der Waals surface area contributed by atoms with E-state index in [2.05, 4.69) is 29.3 Å². The number of carbonyl (C=O) groups is 1. The van der Waals surface area contributed by atoms with Gasteiger partial charge in [0.1, 0.15) is 5.78 Å². The van der Waals surface area contributed by atoms with Crippen LogP contribution in [0.15, 0.2) is 12.1 Å². The van der Waals surface area contributed by atoms with E-state index in [1.807, 2.05) is 0 Å². The molecule has 1 aliphatic heterocycles. The third-order valence-corrected chi connectivity index (χ3v) is 8.26. The van der Waals surface area contributed by atoms with Crippen LogP contribution in [0.3, 0.4) is 0 Å². The summed E-state index contributed by atoms with van der Waals surface area (Å²) in [7, 11) is 0. The second kappa shape index (κ2) is 6.59. The van der Waals surface area contributed by atoms with Gasteiger partial charge in [0.2, 0.25) is 0 Å². The number of rotatable bonds is 2. The minimum atomic E-state index is -0.0505. The molecule has 4 atom stereocenters. The van der Waals surface area contributed by atoms with Crippen molar-refractivity contribution in [3.63, 3.8) is 0 Å². The van der Waals surface area contributed by atoms with Crippen LogP contribution in [0.2, 0.25) is 0 Å². The Bertz CT molecular complexity index is 755. The Morgan fingerprint density at radius 1 is 1.19 bits per heavy atom. The molecule has 1 aromatic carbocycles. The average molecular weight is 369 g/mol. The number of Topliss-reactive ketones (excluding diaryl/α,β-unsaturated/α-hetero) is 1. The van der Waals surface area contributed by atoms with Gasteiger partial charge in [0.05, 0.1) is 6.61 Å². The van der Waals surface area contributed by atoms with E-state index in [9.17, 15) is 9.90 Å². The summed E-state index contributed by atoms with van der Waals surface area (Å²) in [5.74, 6) is 2.37. The van der Waals surface area contributed by atoms with Gasteiger partial charge in [-0.3, -0.25) is 4.79 Å². The number of piperazine rings is 1. The van der Waals surface area contributed by atoms with E-state index in [0.29, 0.717) is 23.5 Å². The maximum Gasteiger partial charge on any atom is 0.139 e. The molecule has 2 saturated carbocycles. The van der Waals surface area contributed by atoms with Gasteiger partial charge in [0.25, 0.3) is 0 Å². The number of aryl methyl sites for hydroxylation is 1. The molecule has 4 aliphatic rings. The van der Waals surface area contributed by atoms with Crippen LogP contribution < -0.4 is 10.2 Å². The zero-order valence-corrected chi connectivity index (χ0v) is 16.5. The first-order chi connectivity index (χ1) is 13.1. The van der Waals surface area contributed by atoms with Crippen LogP contribution in [0.1, 0.15) is 61.6 Å². The first-order valence-corrected chi connectivity index (χ1v) is 10.9. The van der Waals surface area contributed by atoms with Gasteiger partial charge in [-0.15, -0.1) is 0 Å². The minimum absolute atomic E-state index is 0.0505. The molecule has 1 saturated heterocycles. The first kappa shape index (κ1) is 17.7. The Labute approximate surface area is 162 Å². The standard InChI is InChI=1S/C23H32N2O2/c1-23-7-6-17-18(20(23)4-5-22(23)27)3-2-15-12-16(14-26)21(13-19(15)17)25-10-8-24-9-11-25/h12-13,17-18,20,24,26H,2-11,14H2,1H3/t17?,18?,20?,23-/m0/s1. The molecule has 0 bridgehead atoms. The summed E-state index contributed by atoms with van der Waals surface area (Å²) in [5, 5.41) is 13.4. The largest absolute Gasteiger partial charge is 0.392 e. The number of anilines is 1. The lowest BCUT2D eigenvalue weighted by atomic mass is 9.55. The van der Waals surface area contributed by atoms with Gasteiger partial charge in [0, 0.05) is 49.3 Å². The van der Waals surface area contributed by atoms with E-state index < -0.39 is 0 Å². The second-order valence-electron chi connectivity index (χ2n) is 9.41. The molecule has 0 radical (unpaired) electrons. The van der Waals surface area contributed by atoms with Crippen molar-refractivity contribution in [3.05, 3.63) is 28.8 Å². The van der Waals surface area contributed by atoms with Crippen LogP contribution in [-0.2, 0) is 17.8 Å². The van der Waals surface area contributed by atoms with E-state index in [-0.39, 0.29) is 12.0 Å². The topological polar surface area (TPSA) is 52.6 Å². The maximum absolute atomic E-state index is 12.6. The van der Waals surface area contributed by atoms with Gasteiger partial charge < -0.3 is 15.3 Å². The number of nitrogens with zero attached hydrogens (tertiary/aromatic N) is 1. The smallest absolute Gasteiger partial charge is 0.139 e. The lowest BCUT2D eigenvalue weighted by Crippen LogP contribution is -2.44. The molecule has 3 unspecified atom stereocenters. The summed E-state index contributed by atoms with van der Waals surface area (Å²) in [4.78, 5) is 15.0. The highest BCUT2D eigenvalue weighted by Crippen LogP contribution is 2.59. The molecule has 3 aliphatic carbocycles. The molecule has 5 rings (SSSR count). The van der Waals surface area contributed by atoms with Crippen molar-refractivity contribution in [2.45, 2.75) is 58.0 Å². The van der Waals surface area contributed by atoms with Crippen LogP contribution in [0, 0.1) is 17.3 Å². The molecule has 0 spiro atoms. The van der Waals surface area contributed by atoms with Crippen molar-refractivity contribution < 1.29 is 9.90 Å². The first-order valence-electron chi connectivity index (χ1n) is 10.9. The summed E-state index contributed by atoms with van der Waals surface area (Å²) >= 11 is 0. The van der Waals surface area contributed by atoms with Crippen molar-refractivity contribution >= 4 is 11.5 Å². The Kier molecular flexibility index (Phi) is 4.32. The fourth-order valence-electron chi connectivity index (χ4n) is 6.76. The highest BCUT2D eigenvalue weighted by molar-refractivity contribution is 5.87. The predicted octanol–water partition coefficient (Wildman–Crippen LogP) is 3.01. The zero-order chi connectivity index (χ0) is 18.6. The van der Waals surface area contributed by atoms with Crippen molar-refractivity contribution in [2.75, 3.05) is 31.1 Å². The van der Waals surface area contributed by atoms with Gasteiger partial charge in [-0.2, -0.15) is 0 Å². The van der Waals surface area contributed by atoms with Crippen molar-refractivity contribution in [1.82, 2.24) is 5.32 Å². The summed E-state index contributed by atoms with van der Waals surface area (Å²) in [6, 6.07) is 4.71. The monoisotopic (exact) mass is 368 g/mol. The molecule has 146 valence electrons. The highest BCUT2D eigenvalue weighted by atomic mass is 16.3. The minimum Gasteiger partial charge on any atom is -0.392 e. The Morgan fingerprint density at radius 2 is 2.00 bits per heavy atom. The normalized spacial score (nSPS) is 35.6. The number of fused-ring (bicyclic) bond motifs is 5. The maximum atomic E-state index is 12.6. The predicted molar refractivity (Wildman–Crippen MR) is 107 cm³/mol. The third kappa shape index (κ3) is 2.67. The molecule has 4 nitrogen and oxygen atoms in total. The number of hydrogen-bond donors (Lipinski definition) is 2. The van der Waals surface area contributed by atoms with E-state index in [1.165, 1.54) is 23.2 Å². The van der Waals surface area contributed by atoms with Gasteiger partial charge in [-0.05, 0) is 67.1 Å². The number of ketones is 1. The van der Waals surface area contributed by atoms with Gasteiger partial charge >= 0.3 is 0 Å². The summed E-state index contributed by atoms with van der Waals surface area (Å²) < 4.78 is 0. The lowest BCUT2D eigenvalue weighted by Gasteiger charge is -2.48. The van der Waals surface area contributed by atoms with Crippen molar-refractivity contribution in [1.29, 1.82) is 0 Å². The number of carbonyl (C=O) groups excluding carboxylic acids is 1. The molecule has 4 heteroatoms. The van der Waals surface area contributed by atoms with Gasteiger partial charge in [-0.1, -0.05) is 13.0 Å². The van der Waals surface area contributed by atoms with Gasteiger partial charge in [0.15, 0.2) is 0 Å². The third-order valence-electron chi connectivity index (χ3n) is 8.26. The molecular formula is C23H32N2O2. The number of aliphatic hydroxyl groups is 1.